The van der Waals surface area contributed by atoms with Crippen molar-refractivity contribution in [3.05, 3.63) is 29.3 Å². The highest BCUT2D eigenvalue weighted by atomic mass is 35.5. The second kappa shape index (κ2) is 3.39. The van der Waals surface area contributed by atoms with Crippen LogP contribution in [0.15, 0.2) is 24.3 Å². The van der Waals surface area contributed by atoms with E-state index in [1.54, 1.807) is 24.3 Å². The van der Waals surface area contributed by atoms with Crippen molar-refractivity contribution in [2.45, 2.75) is 0 Å². The van der Waals surface area contributed by atoms with Crippen LogP contribution in [-0.4, -0.2) is 20.3 Å². The lowest BCUT2D eigenvalue weighted by molar-refractivity contribution is 0.253. The highest BCUT2D eigenvalue weighted by molar-refractivity contribution is 7.90. The van der Waals surface area contributed by atoms with Crippen LogP contribution < -0.4 is 9.62 Å². The largest absolute Gasteiger partial charge is 0.336 e. The van der Waals surface area contributed by atoms with Crippen molar-refractivity contribution < 1.29 is 13.2 Å². The Balaban J connectivity index is 2.33. The first kappa shape index (κ1) is 10.3. The standard InChI is InChI=1S/C8H7ClN2O3S/c9-6-1-3-7(4-2-6)11-5-15(13,14)10-8(11)12/h1-4H,5H2,(H,10,12). The van der Waals surface area contributed by atoms with Gasteiger partial charge in [0.05, 0.1) is 0 Å². The molecule has 0 unspecified atom stereocenters. The van der Waals surface area contributed by atoms with Gasteiger partial charge < -0.3 is 0 Å². The summed E-state index contributed by atoms with van der Waals surface area (Å²) in [6, 6.07) is 5.72. The second-order valence-corrected chi connectivity index (χ2v) is 5.18. The molecule has 1 aromatic rings. The maximum Gasteiger partial charge on any atom is 0.336 e. The predicted octanol–water partition coefficient (Wildman–Crippen LogP) is 1.16. The molecule has 1 saturated heterocycles. The van der Waals surface area contributed by atoms with Crippen LogP contribution in [0.3, 0.4) is 0 Å². The van der Waals surface area contributed by atoms with Crippen LogP contribution in [0.25, 0.3) is 0 Å². The number of rotatable bonds is 1. The van der Waals surface area contributed by atoms with Gasteiger partial charge >= 0.3 is 6.03 Å². The summed E-state index contributed by atoms with van der Waals surface area (Å²) in [5, 5.41) is 0.529. The summed E-state index contributed by atoms with van der Waals surface area (Å²) in [6.07, 6.45) is 0. The van der Waals surface area contributed by atoms with Crippen LogP contribution in [0.4, 0.5) is 10.5 Å². The van der Waals surface area contributed by atoms with Gasteiger partial charge in [0, 0.05) is 10.7 Å². The highest BCUT2D eigenvalue weighted by Crippen LogP contribution is 2.21. The lowest BCUT2D eigenvalue weighted by Crippen LogP contribution is -2.27. The number of nitrogens with zero attached hydrogens (tertiary/aromatic N) is 1. The fourth-order valence-corrected chi connectivity index (χ4v) is 2.43. The summed E-state index contributed by atoms with van der Waals surface area (Å²) in [4.78, 5) is 12.4. The molecule has 15 heavy (non-hydrogen) atoms. The number of anilines is 1. The molecule has 1 aliphatic heterocycles. The Hall–Kier alpha value is -1.27. The molecular weight excluding hydrogens is 240 g/mol. The predicted molar refractivity (Wildman–Crippen MR) is 56.2 cm³/mol. The van der Waals surface area contributed by atoms with Crippen molar-refractivity contribution in [2.24, 2.45) is 0 Å². The SMILES string of the molecule is O=C1NS(=O)(=O)CN1c1ccc(Cl)cc1. The number of benzene rings is 1. The van der Waals surface area contributed by atoms with Gasteiger partial charge in [0.15, 0.2) is 0 Å². The highest BCUT2D eigenvalue weighted by Gasteiger charge is 2.32. The number of urea groups is 1. The van der Waals surface area contributed by atoms with E-state index in [0.29, 0.717) is 10.7 Å². The number of halogens is 1. The number of carbonyl (C=O) groups excluding carboxylic acids is 1. The molecule has 1 aliphatic rings. The lowest BCUT2D eigenvalue weighted by Gasteiger charge is -2.11. The van der Waals surface area contributed by atoms with Gasteiger partial charge in [0.25, 0.3) is 10.0 Å². The van der Waals surface area contributed by atoms with Crippen LogP contribution in [0.1, 0.15) is 0 Å². The average molecular weight is 247 g/mol. The van der Waals surface area contributed by atoms with Crippen molar-refractivity contribution >= 4 is 33.3 Å². The van der Waals surface area contributed by atoms with E-state index in [4.69, 9.17) is 11.6 Å². The van der Waals surface area contributed by atoms with Gasteiger partial charge in [-0.1, -0.05) is 11.6 Å². The van der Waals surface area contributed by atoms with Crippen LogP contribution >= 0.6 is 11.6 Å². The molecule has 0 radical (unpaired) electrons. The topological polar surface area (TPSA) is 66.5 Å². The normalized spacial score (nSPS) is 19.0. The molecule has 0 spiro atoms. The number of nitrogens with one attached hydrogen (secondary N) is 1. The van der Waals surface area contributed by atoms with Crippen LogP contribution in [0.2, 0.25) is 5.02 Å². The fraction of sp³-hybridized carbons (Fsp3) is 0.125. The summed E-state index contributed by atoms with van der Waals surface area (Å²) in [7, 11) is -3.51. The second-order valence-electron chi connectivity index (χ2n) is 3.06. The summed E-state index contributed by atoms with van der Waals surface area (Å²) in [5.41, 5.74) is 0.498. The van der Waals surface area contributed by atoms with Gasteiger partial charge in [0.2, 0.25) is 0 Å². The molecule has 0 aliphatic carbocycles. The molecular formula is C8H7ClN2O3S. The third-order valence-electron chi connectivity index (χ3n) is 1.93. The zero-order valence-corrected chi connectivity index (χ0v) is 9.05. The van der Waals surface area contributed by atoms with E-state index >= 15 is 0 Å². The number of sulfonamides is 1. The minimum atomic E-state index is -3.51. The number of amides is 2. The van der Waals surface area contributed by atoms with Crippen LogP contribution in [0, 0.1) is 0 Å². The fourth-order valence-electron chi connectivity index (χ4n) is 1.26. The van der Waals surface area contributed by atoms with Gasteiger partial charge in [-0.25, -0.2) is 17.9 Å². The minimum Gasteiger partial charge on any atom is -0.277 e. The zero-order valence-electron chi connectivity index (χ0n) is 7.47. The molecule has 1 N–H and O–H groups in total. The average Bonchev–Trinajstić information content (AvgIpc) is 2.41. The zero-order chi connectivity index (χ0) is 11.1. The maximum absolute atomic E-state index is 11.3. The molecule has 1 aromatic carbocycles. The lowest BCUT2D eigenvalue weighted by atomic mass is 10.3. The Kier molecular flexibility index (Phi) is 2.32. The van der Waals surface area contributed by atoms with Crippen molar-refractivity contribution in [1.82, 2.24) is 4.72 Å². The number of carbonyl (C=O) groups is 1. The molecule has 0 saturated carbocycles. The van der Waals surface area contributed by atoms with Crippen LogP contribution in [0.5, 0.6) is 0 Å². The van der Waals surface area contributed by atoms with Gasteiger partial charge in [-0.15, -0.1) is 0 Å². The smallest absolute Gasteiger partial charge is 0.277 e. The summed E-state index contributed by atoms with van der Waals surface area (Å²) < 4.78 is 24.1. The quantitative estimate of drug-likeness (QED) is 0.809. The minimum absolute atomic E-state index is 0.354. The monoisotopic (exact) mass is 246 g/mol. The Morgan fingerprint density at radius 3 is 2.33 bits per heavy atom. The molecule has 2 amide bonds. The van der Waals surface area contributed by atoms with Crippen molar-refractivity contribution in [3.63, 3.8) is 0 Å². The number of hydrogen-bond donors (Lipinski definition) is 1. The maximum atomic E-state index is 11.3. The van der Waals surface area contributed by atoms with E-state index in [-0.39, 0.29) is 5.88 Å². The van der Waals surface area contributed by atoms with E-state index in [2.05, 4.69) is 0 Å². The van der Waals surface area contributed by atoms with Crippen molar-refractivity contribution in [1.29, 1.82) is 0 Å². The van der Waals surface area contributed by atoms with Gasteiger partial charge in [0.1, 0.15) is 5.88 Å². The van der Waals surface area contributed by atoms with Gasteiger partial charge in [-0.3, -0.25) is 4.90 Å². The Labute approximate surface area is 91.7 Å². The first-order valence-corrected chi connectivity index (χ1v) is 6.08. The summed E-state index contributed by atoms with van der Waals surface area (Å²) in [6.45, 7) is 0. The molecule has 5 nitrogen and oxygen atoms in total. The molecule has 1 fully saturated rings. The summed E-state index contributed by atoms with van der Waals surface area (Å²) >= 11 is 5.67. The Morgan fingerprint density at radius 1 is 1.27 bits per heavy atom. The third-order valence-corrected chi connectivity index (χ3v) is 3.26. The molecule has 0 bridgehead atoms. The van der Waals surface area contributed by atoms with E-state index in [1.165, 1.54) is 0 Å². The van der Waals surface area contributed by atoms with E-state index in [1.807, 2.05) is 4.72 Å². The van der Waals surface area contributed by atoms with Crippen molar-refractivity contribution in [3.8, 4) is 0 Å². The molecule has 0 aromatic heterocycles. The molecule has 2 rings (SSSR count). The van der Waals surface area contributed by atoms with E-state index in [0.717, 1.165) is 4.90 Å². The molecule has 0 atom stereocenters. The third kappa shape index (κ3) is 2.05. The number of hydrogen-bond acceptors (Lipinski definition) is 3. The summed E-state index contributed by atoms with van der Waals surface area (Å²) in [5.74, 6) is -0.354. The van der Waals surface area contributed by atoms with E-state index < -0.39 is 16.1 Å². The first-order chi connectivity index (χ1) is 6.98. The van der Waals surface area contributed by atoms with Crippen molar-refractivity contribution in [2.75, 3.05) is 10.8 Å². The molecule has 1 heterocycles. The Morgan fingerprint density at radius 2 is 1.87 bits per heavy atom. The Bertz CT molecular complexity index is 497. The van der Waals surface area contributed by atoms with E-state index in [9.17, 15) is 13.2 Å². The van der Waals surface area contributed by atoms with Gasteiger partial charge in [-0.2, -0.15) is 0 Å². The first-order valence-electron chi connectivity index (χ1n) is 4.05. The van der Waals surface area contributed by atoms with Crippen LogP contribution in [-0.2, 0) is 10.0 Å². The molecule has 7 heteroatoms. The van der Waals surface area contributed by atoms with Gasteiger partial charge in [-0.05, 0) is 24.3 Å². The molecule has 80 valence electrons.